The first-order valence-corrected chi connectivity index (χ1v) is 10.2. The number of aromatic nitrogens is 1. The standard InChI is InChI=1S/C23H24N2O4/c26-15-23(12-16-6-2-1-3-7-16)13-17-10-11-20(23)25(17)21(27)14-24-18-8-4-5-9-19(18)29-22(24)28/h1-9,17,20,26H,10-15H2/t17-,20+,23-/m0/s1. The van der Waals surface area contributed by atoms with Crippen LogP contribution in [0.4, 0.5) is 0 Å². The van der Waals surface area contributed by atoms with Crippen molar-refractivity contribution in [1.29, 1.82) is 0 Å². The highest BCUT2D eigenvalue weighted by Gasteiger charge is 2.56. The van der Waals surface area contributed by atoms with Gasteiger partial charge in [-0.3, -0.25) is 9.36 Å². The number of hydrogen-bond acceptors (Lipinski definition) is 4. The second kappa shape index (κ2) is 6.88. The summed E-state index contributed by atoms with van der Waals surface area (Å²) in [5.41, 5.74) is 1.99. The van der Waals surface area contributed by atoms with Crippen molar-refractivity contribution in [2.24, 2.45) is 5.41 Å². The molecule has 2 aromatic carbocycles. The van der Waals surface area contributed by atoms with E-state index in [4.69, 9.17) is 4.42 Å². The first-order chi connectivity index (χ1) is 14.1. The molecule has 3 heterocycles. The number of carbonyl (C=O) groups excluding carboxylic acids is 1. The summed E-state index contributed by atoms with van der Waals surface area (Å²) in [4.78, 5) is 27.5. The van der Waals surface area contributed by atoms with E-state index in [2.05, 4.69) is 12.1 Å². The van der Waals surface area contributed by atoms with Crippen LogP contribution in [0, 0.1) is 5.41 Å². The number of aliphatic hydroxyl groups is 1. The fourth-order valence-corrected chi connectivity index (χ4v) is 5.47. The van der Waals surface area contributed by atoms with Gasteiger partial charge in [0.1, 0.15) is 6.54 Å². The molecule has 0 spiro atoms. The zero-order valence-electron chi connectivity index (χ0n) is 16.2. The fourth-order valence-electron chi connectivity index (χ4n) is 5.47. The summed E-state index contributed by atoms with van der Waals surface area (Å²) in [6.45, 7) is 0.0249. The quantitative estimate of drug-likeness (QED) is 0.724. The maximum absolute atomic E-state index is 13.3. The summed E-state index contributed by atoms with van der Waals surface area (Å²) < 4.78 is 6.68. The van der Waals surface area contributed by atoms with Crippen molar-refractivity contribution in [2.75, 3.05) is 6.61 Å². The van der Waals surface area contributed by atoms with Crippen LogP contribution in [-0.4, -0.2) is 39.2 Å². The molecule has 2 aliphatic rings. The zero-order valence-corrected chi connectivity index (χ0v) is 16.2. The van der Waals surface area contributed by atoms with Gasteiger partial charge in [0.2, 0.25) is 5.91 Å². The van der Waals surface area contributed by atoms with Crippen molar-refractivity contribution >= 4 is 17.0 Å². The molecule has 1 aromatic heterocycles. The van der Waals surface area contributed by atoms with Crippen molar-refractivity contribution in [2.45, 2.75) is 44.3 Å². The number of aliphatic hydroxyl groups excluding tert-OH is 1. The molecular weight excluding hydrogens is 368 g/mol. The van der Waals surface area contributed by atoms with Gasteiger partial charge in [-0.1, -0.05) is 42.5 Å². The summed E-state index contributed by atoms with van der Waals surface area (Å²) in [5, 5.41) is 10.3. The van der Waals surface area contributed by atoms with E-state index in [-0.39, 0.29) is 36.6 Å². The Morgan fingerprint density at radius 2 is 1.86 bits per heavy atom. The van der Waals surface area contributed by atoms with Crippen LogP contribution < -0.4 is 5.76 Å². The Labute approximate surface area is 168 Å². The Hall–Kier alpha value is -2.86. The van der Waals surface area contributed by atoms with E-state index in [1.807, 2.05) is 29.2 Å². The minimum Gasteiger partial charge on any atom is -0.408 e. The number of para-hydroxylation sites is 2. The molecule has 2 fully saturated rings. The summed E-state index contributed by atoms with van der Waals surface area (Å²) in [6.07, 6.45) is 3.40. The zero-order chi connectivity index (χ0) is 20.0. The summed E-state index contributed by atoms with van der Waals surface area (Å²) in [5.74, 6) is -0.585. The normalized spacial score (nSPS) is 25.8. The third-order valence-corrected chi connectivity index (χ3v) is 6.72. The molecule has 0 radical (unpaired) electrons. The molecule has 1 N–H and O–H groups in total. The third-order valence-electron chi connectivity index (χ3n) is 6.72. The van der Waals surface area contributed by atoms with Gasteiger partial charge in [-0.05, 0) is 43.4 Å². The highest BCUT2D eigenvalue weighted by Crippen LogP contribution is 2.51. The van der Waals surface area contributed by atoms with Crippen molar-refractivity contribution in [3.8, 4) is 0 Å². The van der Waals surface area contributed by atoms with Crippen LogP contribution >= 0.6 is 0 Å². The molecule has 29 heavy (non-hydrogen) atoms. The van der Waals surface area contributed by atoms with Crippen LogP contribution in [0.2, 0.25) is 0 Å². The van der Waals surface area contributed by atoms with E-state index >= 15 is 0 Å². The maximum atomic E-state index is 13.3. The molecule has 6 heteroatoms. The van der Waals surface area contributed by atoms with Gasteiger partial charge in [-0.15, -0.1) is 0 Å². The van der Waals surface area contributed by atoms with Crippen LogP contribution in [0.3, 0.4) is 0 Å². The van der Waals surface area contributed by atoms with Crippen LogP contribution in [0.25, 0.3) is 11.1 Å². The predicted octanol–water partition coefficient (Wildman–Crippen LogP) is 2.58. The van der Waals surface area contributed by atoms with E-state index in [1.165, 1.54) is 10.1 Å². The summed E-state index contributed by atoms with van der Waals surface area (Å²) in [6, 6.07) is 17.4. The number of nitrogens with zero attached hydrogens (tertiary/aromatic N) is 2. The molecule has 0 saturated carbocycles. The molecule has 2 aliphatic heterocycles. The van der Waals surface area contributed by atoms with Crippen LogP contribution in [0.1, 0.15) is 24.8 Å². The minimum atomic E-state index is -0.510. The van der Waals surface area contributed by atoms with E-state index in [1.54, 1.807) is 18.2 Å². The second-order valence-corrected chi connectivity index (χ2v) is 8.36. The van der Waals surface area contributed by atoms with Gasteiger partial charge >= 0.3 is 5.76 Å². The Bertz CT molecular complexity index is 1100. The van der Waals surface area contributed by atoms with Crippen molar-refractivity contribution < 1.29 is 14.3 Å². The third kappa shape index (κ3) is 2.90. The number of fused-ring (bicyclic) bond motifs is 3. The molecular formula is C23H24N2O4. The van der Waals surface area contributed by atoms with Gasteiger partial charge in [0.25, 0.3) is 0 Å². The Morgan fingerprint density at radius 1 is 1.10 bits per heavy atom. The Kier molecular flexibility index (Phi) is 4.32. The van der Waals surface area contributed by atoms with Crippen molar-refractivity contribution in [3.63, 3.8) is 0 Å². The molecule has 6 nitrogen and oxygen atoms in total. The fraction of sp³-hybridized carbons (Fsp3) is 0.391. The molecule has 0 aliphatic carbocycles. The highest BCUT2D eigenvalue weighted by molar-refractivity contribution is 5.80. The smallest absolute Gasteiger partial charge is 0.408 e. The second-order valence-electron chi connectivity index (χ2n) is 8.36. The van der Waals surface area contributed by atoms with Crippen LogP contribution in [0.15, 0.2) is 63.8 Å². The minimum absolute atomic E-state index is 0.000858. The lowest BCUT2D eigenvalue weighted by Crippen LogP contribution is -2.45. The van der Waals surface area contributed by atoms with Gasteiger partial charge in [0, 0.05) is 17.5 Å². The first-order valence-electron chi connectivity index (χ1n) is 10.2. The van der Waals surface area contributed by atoms with E-state index in [0.717, 1.165) is 25.7 Å². The van der Waals surface area contributed by atoms with Gasteiger partial charge in [0.15, 0.2) is 5.58 Å². The van der Waals surface area contributed by atoms with E-state index in [0.29, 0.717) is 11.1 Å². The Balaban J connectivity index is 1.42. The molecule has 1 amide bonds. The lowest BCUT2D eigenvalue weighted by atomic mass is 9.70. The predicted molar refractivity (Wildman–Crippen MR) is 108 cm³/mol. The van der Waals surface area contributed by atoms with Crippen LogP contribution in [-0.2, 0) is 17.8 Å². The average molecular weight is 392 g/mol. The monoisotopic (exact) mass is 392 g/mol. The number of carbonyl (C=O) groups is 1. The van der Waals surface area contributed by atoms with Gasteiger partial charge in [-0.25, -0.2) is 4.79 Å². The summed E-state index contributed by atoms with van der Waals surface area (Å²) in [7, 11) is 0. The number of oxazole rings is 1. The number of benzene rings is 2. The van der Waals surface area contributed by atoms with Gasteiger partial charge in [0.05, 0.1) is 12.1 Å². The summed E-state index contributed by atoms with van der Waals surface area (Å²) >= 11 is 0. The highest BCUT2D eigenvalue weighted by atomic mass is 16.4. The molecule has 150 valence electrons. The maximum Gasteiger partial charge on any atom is 0.420 e. The number of rotatable bonds is 5. The Morgan fingerprint density at radius 3 is 2.66 bits per heavy atom. The molecule has 3 atom stereocenters. The van der Waals surface area contributed by atoms with E-state index < -0.39 is 5.76 Å². The van der Waals surface area contributed by atoms with Crippen molar-refractivity contribution in [3.05, 3.63) is 70.7 Å². The average Bonchev–Trinajstić information content (AvgIpc) is 3.39. The topological polar surface area (TPSA) is 75.7 Å². The lowest BCUT2D eigenvalue weighted by molar-refractivity contribution is -0.134. The molecule has 0 unspecified atom stereocenters. The van der Waals surface area contributed by atoms with Gasteiger partial charge in [-0.2, -0.15) is 0 Å². The molecule has 3 aromatic rings. The number of amides is 1. The van der Waals surface area contributed by atoms with Gasteiger partial charge < -0.3 is 14.4 Å². The first kappa shape index (κ1) is 18.2. The largest absolute Gasteiger partial charge is 0.420 e. The molecule has 5 rings (SSSR count). The van der Waals surface area contributed by atoms with Crippen molar-refractivity contribution in [1.82, 2.24) is 9.47 Å². The molecule has 2 saturated heterocycles. The van der Waals surface area contributed by atoms with E-state index in [9.17, 15) is 14.7 Å². The SMILES string of the molecule is O=C(Cn1c(=O)oc2ccccc21)N1[C@H]2CC[C@@H]1[C@@](CO)(Cc1ccccc1)C2. The lowest BCUT2D eigenvalue weighted by Gasteiger charge is -2.36. The van der Waals surface area contributed by atoms with Crippen LogP contribution in [0.5, 0.6) is 0 Å². The number of hydrogen-bond donors (Lipinski definition) is 1. The molecule has 2 bridgehead atoms.